The van der Waals surface area contributed by atoms with Crippen LogP contribution < -0.4 is 10.2 Å². The first-order valence-corrected chi connectivity index (χ1v) is 6.36. The van der Waals surface area contributed by atoms with Crippen LogP contribution in [0.25, 0.3) is 0 Å². The zero-order valence-corrected chi connectivity index (χ0v) is 12.1. The molecular weight excluding hydrogens is 288 g/mol. The van der Waals surface area contributed by atoms with Gasteiger partial charge < -0.3 is 19.2 Å². The van der Waals surface area contributed by atoms with Gasteiger partial charge in [-0.05, 0) is 39.8 Å². The Morgan fingerprint density at radius 1 is 1.10 bits per heavy atom. The van der Waals surface area contributed by atoms with Gasteiger partial charge in [0.25, 0.3) is 0 Å². The predicted octanol–water partition coefficient (Wildman–Crippen LogP) is 2.59. The van der Waals surface area contributed by atoms with Crippen molar-refractivity contribution in [1.82, 2.24) is 0 Å². The normalized spacial score (nSPS) is 20.6. The predicted molar refractivity (Wildman–Crippen MR) is 70.5 cm³/mol. The fourth-order valence-corrected chi connectivity index (χ4v) is 1.94. The molecule has 0 aliphatic carbocycles. The van der Waals surface area contributed by atoms with Crippen molar-refractivity contribution in [1.29, 1.82) is 0 Å². The molecule has 0 bridgehead atoms. The minimum Gasteiger partial charge on any atom is -0.508 e. The van der Waals surface area contributed by atoms with Crippen LogP contribution in [0.15, 0.2) is 18.2 Å². The molecule has 1 aliphatic heterocycles. The van der Waals surface area contributed by atoms with E-state index >= 15 is 0 Å². The summed E-state index contributed by atoms with van der Waals surface area (Å²) in [5, 5.41) is 9.88. The number of benzene rings is 1. The van der Waals surface area contributed by atoms with Gasteiger partial charge in [0, 0.05) is 0 Å². The molecule has 1 fully saturated rings. The standard InChI is InChI=1S/C13H16BF3O4/c1-11(2)12(3,4)21-14(20-11)10-8(18)6-5-7-9(10)19-13(15,16)17/h5-7,18H,1-4H3. The smallest absolute Gasteiger partial charge is 0.508 e. The van der Waals surface area contributed by atoms with E-state index in [-0.39, 0.29) is 11.2 Å². The highest BCUT2D eigenvalue weighted by atomic mass is 19.4. The van der Waals surface area contributed by atoms with Gasteiger partial charge in [0.05, 0.1) is 16.7 Å². The summed E-state index contributed by atoms with van der Waals surface area (Å²) in [6.07, 6.45) is -4.87. The molecule has 1 N–H and O–H groups in total. The number of phenols is 1. The Kier molecular flexibility index (Phi) is 3.66. The third-order valence-electron chi connectivity index (χ3n) is 3.76. The van der Waals surface area contributed by atoms with Crippen molar-refractivity contribution >= 4 is 12.6 Å². The highest BCUT2D eigenvalue weighted by Crippen LogP contribution is 2.38. The minimum atomic E-state index is -4.87. The van der Waals surface area contributed by atoms with Gasteiger partial charge in [0.15, 0.2) is 0 Å². The lowest BCUT2D eigenvalue weighted by molar-refractivity contribution is -0.274. The van der Waals surface area contributed by atoms with Gasteiger partial charge in [-0.2, -0.15) is 0 Å². The maximum absolute atomic E-state index is 12.5. The van der Waals surface area contributed by atoms with Crippen LogP contribution >= 0.6 is 0 Å². The van der Waals surface area contributed by atoms with E-state index in [2.05, 4.69) is 4.74 Å². The van der Waals surface area contributed by atoms with Crippen molar-refractivity contribution < 1.29 is 32.3 Å². The summed E-state index contributed by atoms with van der Waals surface area (Å²) in [5.74, 6) is -0.920. The van der Waals surface area contributed by atoms with Crippen molar-refractivity contribution in [2.24, 2.45) is 0 Å². The molecule has 1 aromatic rings. The Balaban J connectivity index is 2.41. The monoisotopic (exact) mass is 304 g/mol. The molecule has 2 rings (SSSR count). The van der Waals surface area contributed by atoms with Crippen LogP contribution in [0.1, 0.15) is 27.7 Å². The van der Waals surface area contributed by atoms with Crippen LogP contribution in [0.5, 0.6) is 11.5 Å². The largest absolute Gasteiger partial charge is 0.573 e. The molecule has 0 unspecified atom stereocenters. The van der Waals surface area contributed by atoms with Gasteiger partial charge >= 0.3 is 13.5 Å². The van der Waals surface area contributed by atoms with E-state index in [0.29, 0.717) is 0 Å². The minimum absolute atomic E-state index is 0.173. The van der Waals surface area contributed by atoms with E-state index in [1.165, 1.54) is 12.1 Å². The third kappa shape index (κ3) is 3.11. The average Bonchev–Trinajstić information content (AvgIpc) is 2.45. The van der Waals surface area contributed by atoms with Crippen LogP contribution in [0.3, 0.4) is 0 Å². The highest BCUT2D eigenvalue weighted by Gasteiger charge is 2.53. The van der Waals surface area contributed by atoms with E-state index in [1.54, 1.807) is 27.7 Å². The molecule has 0 spiro atoms. The molecule has 0 radical (unpaired) electrons. The lowest BCUT2D eigenvalue weighted by Gasteiger charge is -2.32. The van der Waals surface area contributed by atoms with Crippen LogP contribution in [-0.2, 0) is 9.31 Å². The van der Waals surface area contributed by atoms with Crippen LogP contribution in [0.4, 0.5) is 13.2 Å². The van der Waals surface area contributed by atoms with E-state index in [0.717, 1.165) is 6.07 Å². The molecule has 116 valence electrons. The van der Waals surface area contributed by atoms with Crippen molar-refractivity contribution in [3.63, 3.8) is 0 Å². The molecule has 1 saturated heterocycles. The maximum Gasteiger partial charge on any atom is 0.573 e. The van der Waals surface area contributed by atoms with E-state index in [1.807, 2.05) is 0 Å². The second kappa shape index (κ2) is 4.81. The number of ether oxygens (including phenoxy) is 1. The van der Waals surface area contributed by atoms with Crippen molar-refractivity contribution in [2.75, 3.05) is 0 Å². The second-order valence-corrected chi connectivity index (χ2v) is 5.83. The SMILES string of the molecule is CC1(C)OB(c2c(O)cccc2OC(F)(F)F)OC1(C)C. The molecule has 4 nitrogen and oxygen atoms in total. The molecule has 1 aromatic carbocycles. The highest BCUT2D eigenvalue weighted by molar-refractivity contribution is 6.64. The van der Waals surface area contributed by atoms with E-state index in [9.17, 15) is 18.3 Å². The van der Waals surface area contributed by atoms with Crippen molar-refractivity contribution in [3.8, 4) is 11.5 Å². The lowest BCUT2D eigenvalue weighted by Crippen LogP contribution is -2.41. The van der Waals surface area contributed by atoms with Crippen LogP contribution in [-0.4, -0.2) is 29.8 Å². The Hall–Kier alpha value is -1.41. The summed E-state index contributed by atoms with van der Waals surface area (Å²) >= 11 is 0. The van der Waals surface area contributed by atoms with E-state index < -0.39 is 30.4 Å². The van der Waals surface area contributed by atoms with Crippen LogP contribution in [0, 0.1) is 0 Å². The van der Waals surface area contributed by atoms with Crippen molar-refractivity contribution in [2.45, 2.75) is 45.3 Å². The van der Waals surface area contributed by atoms with Gasteiger partial charge in [-0.25, -0.2) is 0 Å². The number of phenolic OH excluding ortho intramolecular Hbond substituents is 1. The van der Waals surface area contributed by atoms with Gasteiger partial charge in [0.1, 0.15) is 11.5 Å². The fraction of sp³-hybridized carbons (Fsp3) is 0.538. The number of hydrogen-bond donors (Lipinski definition) is 1. The Bertz CT molecular complexity index is 527. The number of halogens is 3. The molecular formula is C13H16BF3O4. The lowest BCUT2D eigenvalue weighted by atomic mass is 9.77. The summed E-state index contributed by atoms with van der Waals surface area (Å²) in [5.41, 5.74) is -1.65. The third-order valence-corrected chi connectivity index (χ3v) is 3.76. The van der Waals surface area contributed by atoms with Gasteiger partial charge in [-0.15, -0.1) is 13.2 Å². The zero-order valence-electron chi connectivity index (χ0n) is 12.1. The first kappa shape index (κ1) is 16.0. The topological polar surface area (TPSA) is 47.9 Å². The van der Waals surface area contributed by atoms with E-state index in [4.69, 9.17) is 9.31 Å². The Morgan fingerprint density at radius 2 is 1.62 bits per heavy atom. The van der Waals surface area contributed by atoms with Gasteiger partial charge in [-0.3, -0.25) is 0 Å². The molecule has 0 saturated carbocycles. The Morgan fingerprint density at radius 3 is 2.10 bits per heavy atom. The molecule has 1 heterocycles. The zero-order chi connectivity index (χ0) is 16.1. The summed E-state index contributed by atoms with van der Waals surface area (Å²) in [7, 11) is -1.14. The number of alkyl halides is 3. The first-order valence-electron chi connectivity index (χ1n) is 6.36. The summed E-state index contributed by atoms with van der Waals surface area (Å²) < 4.78 is 52.6. The molecule has 8 heteroatoms. The molecule has 21 heavy (non-hydrogen) atoms. The summed E-state index contributed by atoms with van der Waals surface area (Å²) in [6.45, 7) is 7.04. The van der Waals surface area contributed by atoms with Crippen LogP contribution in [0.2, 0.25) is 0 Å². The fourth-order valence-electron chi connectivity index (χ4n) is 1.94. The first-order chi connectivity index (χ1) is 9.43. The molecule has 1 aliphatic rings. The average molecular weight is 304 g/mol. The summed E-state index contributed by atoms with van der Waals surface area (Å²) in [6, 6.07) is 3.61. The number of aromatic hydroxyl groups is 1. The summed E-state index contributed by atoms with van der Waals surface area (Å²) in [4.78, 5) is 0. The molecule has 0 atom stereocenters. The molecule has 0 aromatic heterocycles. The Labute approximate surface area is 121 Å². The number of rotatable bonds is 2. The maximum atomic E-state index is 12.5. The van der Waals surface area contributed by atoms with Crippen molar-refractivity contribution in [3.05, 3.63) is 18.2 Å². The number of hydrogen-bond acceptors (Lipinski definition) is 4. The van der Waals surface area contributed by atoms with Gasteiger partial charge in [0.2, 0.25) is 0 Å². The van der Waals surface area contributed by atoms with Gasteiger partial charge in [-0.1, -0.05) is 6.07 Å². The molecule has 0 amide bonds. The quantitative estimate of drug-likeness (QED) is 0.853. The second-order valence-electron chi connectivity index (χ2n) is 5.83.